The molecule has 16 heavy (non-hydrogen) atoms. The summed E-state index contributed by atoms with van der Waals surface area (Å²) in [4.78, 5) is 0. The standard InChI is InChI=1S/3C3H6S2.Sn/c3*4-3-1-2-5-3;/h3*3-4H,1-2H2;/q;;;+3/p-3. The van der Waals surface area contributed by atoms with E-state index in [1.54, 1.807) is 0 Å². The molecule has 0 bridgehead atoms. The van der Waals surface area contributed by atoms with E-state index in [9.17, 15) is 0 Å². The summed E-state index contributed by atoms with van der Waals surface area (Å²) in [7, 11) is 7.34. The van der Waals surface area contributed by atoms with Crippen molar-refractivity contribution in [3.63, 3.8) is 0 Å². The zero-order valence-electron chi connectivity index (χ0n) is 8.92. The fraction of sp³-hybridized carbons (Fsp3) is 1.00. The Hall–Kier alpha value is 2.90. The molecule has 3 atom stereocenters. The Morgan fingerprint density at radius 2 is 1.00 bits per heavy atom. The molecule has 0 spiro atoms. The van der Waals surface area contributed by atoms with E-state index in [2.05, 4.69) is 62.1 Å². The van der Waals surface area contributed by atoms with Crippen molar-refractivity contribution in [2.45, 2.75) is 33.0 Å². The van der Waals surface area contributed by atoms with Gasteiger partial charge in [-0.25, -0.2) is 0 Å². The van der Waals surface area contributed by atoms with E-state index in [1.807, 2.05) is 0 Å². The van der Waals surface area contributed by atoms with Crippen molar-refractivity contribution in [1.29, 1.82) is 0 Å². The van der Waals surface area contributed by atoms with Gasteiger partial charge >= 0.3 is 128 Å². The van der Waals surface area contributed by atoms with Gasteiger partial charge in [0.1, 0.15) is 0 Å². The van der Waals surface area contributed by atoms with Crippen LogP contribution in [-0.4, -0.2) is 46.6 Å². The molecule has 7 heteroatoms. The molecule has 3 aliphatic heterocycles. The van der Waals surface area contributed by atoms with Crippen molar-refractivity contribution in [2.75, 3.05) is 17.3 Å². The average Bonchev–Trinajstić information content (AvgIpc) is 2.08. The van der Waals surface area contributed by atoms with Gasteiger partial charge in [-0.2, -0.15) is 0 Å². The molecule has 3 rings (SSSR count). The summed E-state index contributed by atoms with van der Waals surface area (Å²) in [6.45, 7) is 0. The van der Waals surface area contributed by atoms with Gasteiger partial charge in [0.25, 0.3) is 0 Å². The quantitative estimate of drug-likeness (QED) is 0.559. The molecule has 0 amide bonds. The van der Waals surface area contributed by atoms with Crippen LogP contribution in [0.2, 0.25) is 0 Å². The van der Waals surface area contributed by atoms with Gasteiger partial charge in [-0.3, -0.25) is 0 Å². The Labute approximate surface area is 126 Å². The summed E-state index contributed by atoms with van der Waals surface area (Å²) in [6.07, 6.45) is 4.49. The van der Waals surface area contributed by atoms with Crippen LogP contribution in [0.3, 0.4) is 0 Å². The van der Waals surface area contributed by atoms with Crippen LogP contribution in [-0.2, 0) is 0 Å². The van der Waals surface area contributed by atoms with Crippen molar-refractivity contribution < 1.29 is 0 Å². The van der Waals surface area contributed by atoms with E-state index in [-0.39, 0.29) is 0 Å². The van der Waals surface area contributed by atoms with E-state index < -0.39 is 15.6 Å². The Morgan fingerprint density at radius 1 is 0.688 bits per heavy atom. The third kappa shape index (κ3) is 3.95. The Kier molecular flexibility index (Phi) is 6.12. The van der Waals surface area contributed by atoms with Gasteiger partial charge in [-0.15, -0.1) is 0 Å². The molecule has 3 heterocycles. The first kappa shape index (κ1) is 13.9. The summed E-state index contributed by atoms with van der Waals surface area (Å²) in [5, 5.41) is 0. The van der Waals surface area contributed by atoms with Gasteiger partial charge < -0.3 is 0 Å². The molecular formula is C9H15S6Sn. The topological polar surface area (TPSA) is 0 Å². The number of thioether (sulfide) groups is 3. The first-order valence-corrected chi connectivity index (χ1v) is 21.9. The van der Waals surface area contributed by atoms with Crippen molar-refractivity contribution in [2.24, 2.45) is 0 Å². The molecule has 0 saturated carbocycles. The first-order chi connectivity index (χ1) is 7.90. The summed E-state index contributed by atoms with van der Waals surface area (Å²) in [5.41, 5.74) is 0. The van der Waals surface area contributed by atoms with Crippen LogP contribution >= 0.6 is 62.1 Å². The van der Waals surface area contributed by atoms with Gasteiger partial charge in [0.2, 0.25) is 0 Å². The van der Waals surface area contributed by atoms with E-state index >= 15 is 0 Å². The molecule has 3 aliphatic rings. The summed E-state index contributed by atoms with van der Waals surface area (Å²) in [5.74, 6) is 4.29. The fourth-order valence-corrected chi connectivity index (χ4v) is 52.1. The molecule has 1 radical (unpaired) electrons. The summed E-state index contributed by atoms with van der Waals surface area (Å²) < 4.78 is 3.01. The molecule has 3 saturated heterocycles. The fourth-order valence-electron chi connectivity index (χ4n) is 1.33. The minimum atomic E-state index is -1.21. The molecule has 3 unspecified atom stereocenters. The van der Waals surface area contributed by atoms with E-state index in [1.165, 1.54) is 36.5 Å². The first-order valence-electron chi connectivity index (χ1n) is 5.62. The molecule has 3 fully saturated rings. The molecule has 0 aromatic carbocycles. The number of hydrogen-bond acceptors (Lipinski definition) is 6. The number of rotatable bonds is 6. The van der Waals surface area contributed by atoms with Gasteiger partial charge in [0, 0.05) is 0 Å². The van der Waals surface area contributed by atoms with Crippen molar-refractivity contribution in [3.05, 3.63) is 0 Å². The van der Waals surface area contributed by atoms with Crippen molar-refractivity contribution in [1.82, 2.24) is 0 Å². The van der Waals surface area contributed by atoms with Crippen LogP contribution in [0.25, 0.3) is 0 Å². The SMILES string of the molecule is C1CC([S][Sn]([S]C2CCS2)[S]C2CCS2)S1. The second-order valence-electron chi connectivity index (χ2n) is 3.87. The Morgan fingerprint density at radius 3 is 1.19 bits per heavy atom. The second kappa shape index (κ2) is 7.06. The normalized spacial score (nSPS) is 37.7. The van der Waals surface area contributed by atoms with Crippen LogP contribution in [0, 0.1) is 0 Å². The molecular weight excluding hydrogens is 419 g/mol. The number of hydrogen-bond donors (Lipinski definition) is 0. The monoisotopic (exact) mass is 435 g/mol. The average molecular weight is 434 g/mol. The van der Waals surface area contributed by atoms with Crippen molar-refractivity contribution >= 4 is 77.7 Å². The molecule has 91 valence electrons. The zero-order valence-corrected chi connectivity index (χ0v) is 16.7. The van der Waals surface area contributed by atoms with Crippen LogP contribution < -0.4 is 0 Å². The van der Waals surface area contributed by atoms with E-state index in [0.29, 0.717) is 0 Å². The van der Waals surface area contributed by atoms with E-state index in [0.717, 1.165) is 13.7 Å². The van der Waals surface area contributed by atoms with Crippen LogP contribution in [0.1, 0.15) is 19.3 Å². The zero-order chi connectivity index (χ0) is 10.8. The van der Waals surface area contributed by atoms with Gasteiger partial charge in [0.05, 0.1) is 0 Å². The summed E-state index contributed by atoms with van der Waals surface area (Å²) in [6, 6.07) is 0. The maximum atomic E-state index is 2.45. The Bertz CT molecular complexity index is 190. The van der Waals surface area contributed by atoms with Gasteiger partial charge in [0.15, 0.2) is 0 Å². The summed E-state index contributed by atoms with van der Waals surface area (Å²) >= 11 is 5.42. The van der Waals surface area contributed by atoms with Crippen LogP contribution in [0.5, 0.6) is 0 Å². The molecule has 0 aromatic heterocycles. The third-order valence-electron chi connectivity index (χ3n) is 2.65. The predicted molar refractivity (Wildman–Crippen MR) is 91.1 cm³/mol. The second-order valence-corrected chi connectivity index (χ2v) is 32.0. The van der Waals surface area contributed by atoms with Gasteiger partial charge in [-0.05, 0) is 0 Å². The van der Waals surface area contributed by atoms with Crippen LogP contribution in [0.15, 0.2) is 0 Å². The molecule has 0 aliphatic carbocycles. The van der Waals surface area contributed by atoms with Crippen molar-refractivity contribution in [3.8, 4) is 0 Å². The maximum absolute atomic E-state index is 2.45. The molecule has 0 N–H and O–H groups in total. The minimum absolute atomic E-state index is 1.00. The Balaban J connectivity index is 1.44. The van der Waals surface area contributed by atoms with E-state index in [4.69, 9.17) is 0 Å². The third-order valence-corrected chi connectivity index (χ3v) is 38.3. The molecule has 0 nitrogen and oxygen atoms in total. The van der Waals surface area contributed by atoms with Gasteiger partial charge in [-0.1, -0.05) is 0 Å². The predicted octanol–water partition coefficient (Wildman–Crippen LogP) is 4.56. The molecule has 0 aromatic rings. The van der Waals surface area contributed by atoms with Crippen LogP contribution in [0.4, 0.5) is 0 Å².